The van der Waals surface area contributed by atoms with Crippen LogP contribution in [-0.2, 0) is 22.6 Å². The van der Waals surface area contributed by atoms with Gasteiger partial charge < -0.3 is 15.4 Å². The summed E-state index contributed by atoms with van der Waals surface area (Å²) in [7, 11) is 3.49. The SMILES string of the molecule is COC(C)CCC(=O)N(C)Cc1ccc(CN)cc1. The molecular formula is C15H24N2O2. The Labute approximate surface area is 115 Å². The highest BCUT2D eigenvalue weighted by Gasteiger charge is 2.11. The van der Waals surface area contributed by atoms with Crippen LogP contribution in [0.2, 0.25) is 0 Å². The zero-order valence-corrected chi connectivity index (χ0v) is 12.1. The minimum Gasteiger partial charge on any atom is -0.382 e. The van der Waals surface area contributed by atoms with Crippen LogP contribution in [0.3, 0.4) is 0 Å². The molecule has 0 aliphatic rings. The van der Waals surface area contributed by atoms with Crippen molar-refractivity contribution in [1.29, 1.82) is 0 Å². The van der Waals surface area contributed by atoms with Crippen molar-refractivity contribution in [3.05, 3.63) is 35.4 Å². The van der Waals surface area contributed by atoms with E-state index < -0.39 is 0 Å². The smallest absolute Gasteiger partial charge is 0.222 e. The summed E-state index contributed by atoms with van der Waals surface area (Å²) in [6, 6.07) is 8.04. The molecular weight excluding hydrogens is 240 g/mol. The molecule has 19 heavy (non-hydrogen) atoms. The summed E-state index contributed by atoms with van der Waals surface area (Å²) in [5, 5.41) is 0. The van der Waals surface area contributed by atoms with Gasteiger partial charge in [-0.15, -0.1) is 0 Å². The third kappa shape index (κ3) is 5.41. The lowest BCUT2D eigenvalue weighted by Crippen LogP contribution is -2.26. The molecule has 1 amide bonds. The second kappa shape index (κ2) is 7.92. The van der Waals surface area contributed by atoms with E-state index in [-0.39, 0.29) is 12.0 Å². The van der Waals surface area contributed by atoms with E-state index in [1.54, 1.807) is 12.0 Å². The van der Waals surface area contributed by atoms with Crippen molar-refractivity contribution >= 4 is 5.91 Å². The second-order valence-electron chi connectivity index (χ2n) is 4.86. The molecule has 0 spiro atoms. The number of rotatable bonds is 7. The number of hydrogen-bond acceptors (Lipinski definition) is 3. The van der Waals surface area contributed by atoms with Crippen molar-refractivity contribution in [1.82, 2.24) is 4.90 Å². The highest BCUT2D eigenvalue weighted by atomic mass is 16.5. The minimum absolute atomic E-state index is 0.126. The van der Waals surface area contributed by atoms with Crippen LogP contribution in [0.15, 0.2) is 24.3 Å². The van der Waals surface area contributed by atoms with Gasteiger partial charge in [-0.1, -0.05) is 24.3 Å². The summed E-state index contributed by atoms with van der Waals surface area (Å²) in [6.07, 6.45) is 1.40. The third-order valence-electron chi connectivity index (χ3n) is 3.27. The van der Waals surface area contributed by atoms with Gasteiger partial charge in [-0.25, -0.2) is 0 Å². The Balaban J connectivity index is 2.44. The summed E-state index contributed by atoms with van der Waals surface area (Å²) < 4.78 is 5.14. The molecule has 0 aliphatic heterocycles. The third-order valence-corrected chi connectivity index (χ3v) is 3.27. The van der Waals surface area contributed by atoms with Crippen LogP contribution in [0, 0.1) is 0 Å². The van der Waals surface area contributed by atoms with Gasteiger partial charge >= 0.3 is 0 Å². The lowest BCUT2D eigenvalue weighted by atomic mass is 10.1. The molecule has 0 fully saturated rings. The molecule has 106 valence electrons. The van der Waals surface area contributed by atoms with E-state index in [2.05, 4.69) is 0 Å². The molecule has 0 saturated carbocycles. The molecule has 0 aliphatic carbocycles. The number of ether oxygens (including phenoxy) is 1. The number of carbonyl (C=O) groups is 1. The molecule has 2 N–H and O–H groups in total. The van der Waals surface area contributed by atoms with E-state index in [0.717, 1.165) is 17.5 Å². The Hall–Kier alpha value is -1.39. The fourth-order valence-corrected chi connectivity index (χ4v) is 1.78. The molecule has 0 bridgehead atoms. The quantitative estimate of drug-likeness (QED) is 0.818. The Morgan fingerprint density at radius 3 is 2.42 bits per heavy atom. The normalized spacial score (nSPS) is 12.2. The number of amides is 1. The molecule has 4 nitrogen and oxygen atoms in total. The number of carbonyl (C=O) groups excluding carboxylic acids is 1. The number of benzene rings is 1. The number of methoxy groups -OCH3 is 1. The largest absolute Gasteiger partial charge is 0.382 e. The van der Waals surface area contributed by atoms with Gasteiger partial charge in [-0.3, -0.25) is 4.79 Å². The van der Waals surface area contributed by atoms with Crippen LogP contribution in [0.25, 0.3) is 0 Å². The van der Waals surface area contributed by atoms with Crippen LogP contribution in [0.5, 0.6) is 0 Å². The second-order valence-corrected chi connectivity index (χ2v) is 4.86. The highest BCUT2D eigenvalue weighted by Crippen LogP contribution is 2.09. The van der Waals surface area contributed by atoms with E-state index in [9.17, 15) is 4.79 Å². The molecule has 0 aromatic heterocycles. The Kier molecular flexibility index (Phi) is 6.53. The van der Waals surface area contributed by atoms with E-state index >= 15 is 0 Å². The topological polar surface area (TPSA) is 55.6 Å². The van der Waals surface area contributed by atoms with Gasteiger partial charge in [0, 0.05) is 33.7 Å². The standard InChI is InChI=1S/C15H24N2O2/c1-12(19-3)4-9-15(18)17(2)11-14-7-5-13(10-16)6-8-14/h5-8,12H,4,9-11,16H2,1-3H3. The van der Waals surface area contributed by atoms with E-state index in [4.69, 9.17) is 10.5 Å². The van der Waals surface area contributed by atoms with Crippen LogP contribution in [0.4, 0.5) is 0 Å². The first-order valence-electron chi connectivity index (χ1n) is 6.61. The van der Waals surface area contributed by atoms with Crippen LogP contribution >= 0.6 is 0 Å². The average molecular weight is 264 g/mol. The molecule has 1 atom stereocenters. The van der Waals surface area contributed by atoms with E-state index in [0.29, 0.717) is 19.5 Å². The zero-order chi connectivity index (χ0) is 14.3. The Morgan fingerprint density at radius 2 is 1.89 bits per heavy atom. The molecule has 1 rings (SSSR count). The highest BCUT2D eigenvalue weighted by molar-refractivity contribution is 5.75. The van der Waals surface area contributed by atoms with Gasteiger partial charge in [0.05, 0.1) is 6.10 Å². The maximum Gasteiger partial charge on any atom is 0.222 e. The van der Waals surface area contributed by atoms with Gasteiger partial charge in [0.2, 0.25) is 5.91 Å². The maximum absolute atomic E-state index is 11.9. The van der Waals surface area contributed by atoms with Crippen LogP contribution in [-0.4, -0.2) is 31.1 Å². The monoisotopic (exact) mass is 264 g/mol. The van der Waals surface area contributed by atoms with Gasteiger partial charge in [0.25, 0.3) is 0 Å². The molecule has 1 aromatic rings. The fourth-order valence-electron chi connectivity index (χ4n) is 1.78. The Morgan fingerprint density at radius 1 is 1.32 bits per heavy atom. The van der Waals surface area contributed by atoms with Crippen molar-refractivity contribution in [3.63, 3.8) is 0 Å². The molecule has 0 radical (unpaired) electrons. The predicted molar refractivity (Wildman–Crippen MR) is 76.5 cm³/mol. The van der Waals surface area contributed by atoms with Crippen LogP contribution in [0.1, 0.15) is 30.9 Å². The van der Waals surface area contributed by atoms with Gasteiger partial charge in [0.15, 0.2) is 0 Å². The first-order chi connectivity index (χ1) is 9.06. The fraction of sp³-hybridized carbons (Fsp3) is 0.533. The number of nitrogens with two attached hydrogens (primary N) is 1. The van der Waals surface area contributed by atoms with Crippen molar-refractivity contribution < 1.29 is 9.53 Å². The first-order valence-corrected chi connectivity index (χ1v) is 6.61. The van der Waals surface area contributed by atoms with Crippen molar-refractivity contribution in [2.45, 2.75) is 39.0 Å². The molecule has 0 heterocycles. The average Bonchev–Trinajstić information content (AvgIpc) is 2.44. The molecule has 1 aromatic carbocycles. The Bertz CT molecular complexity index is 390. The van der Waals surface area contributed by atoms with Gasteiger partial charge in [-0.2, -0.15) is 0 Å². The summed E-state index contributed by atoms with van der Waals surface area (Å²) in [5.74, 6) is 0.145. The first kappa shape index (κ1) is 15.7. The number of nitrogens with zero attached hydrogens (tertiary/aromatic N) is 1. The van der Waals surface area contributed by atoms with Crippen molar-refractivity contribution in [2.75, 3.05) is 14.2 Å². The summed E-state index contributed by atoms with van der Waals surface area (Å²) in [4.78, 5) is 13.7. The molecule has 0 saturated heterocycles. The molecule has 4 heteroatoms. The zero-order valence-electron chi connectivity index (χ0n) is 12.1. The predicted octanol–water partition coefficient (Wildman–Crippen LogP) is 1.92. The van der Waals surface area contributed by atoms with Crippen molar-refractivity contribution in [2.24, 2.45) is 5.73 Å². The lowest BCUT2D eigenvalue weighted by molar-refractivity contribution is -0.131. The summed E-state index contributed by atoms with van der Waals surface area (Å²) >= 11 is 0. The van der Waals surface area contributed by atoms with E-state index in [1.807, 2.05) is 38.2 Å². The van der Waals surface area contributed by atoms with E-state index in [1.165, 1.54) is 0 Å². The number of hydrogen-bond donors (Lipinski definition) is 1. The maximum atomic E-state index is 11.9. The van der Waals surface area contributed by atoms with Gasteiger partial charge in [-0.05, 0) is 24.5 Å². The van der Waals surface area contributed by atoms with Crippen molar-refractivity contribution in [3.8, 4) is 0 Å². The summed E-state index contributed by atoms with van der Waals surface area (Å²) in [5.41, 5.74) is 7.78. The van der Waals surface area contributed by atoms with Gasteiger partial charge in [0.1, 0.15) is 0 Å². The van der Waals surface area contributed by atoms with Crippen LogP contribution < -0.4 is 5.73 Å². The lowest BCUT2D eigenvalue weighted by Gasteiger charge is -2.18. The minimum atomic E-state index is 0.126. The summed E-state index contributed by atoms with van der Waals surface area (Å²) in [6.45, 7) is 3.15. The molecule has 1 unspecified atom stereocenters.